The number of likely N-dealkylation sites (N-methyl/N-ethyl adjacent to an activating group) is 1. The van der Waals surface area contributed by atoms with Crippen LogP contribution in [0.5, 0.6) is 11.9 Å². The molecule has 8 heteroatoms. The van der Waals surface area contributed by atoms with E-state index < -0.39 is 0 Å². The van der Waals surface area contributed by atoms with Gasteiger partial charge in [0.05, 0.1) is 25.5 Å². The van der Waals surface area contributed by atoms with Crippen molar-refractivity contribution >= 4 is 17.3 Å². The van der Waals surface area contributed by atoms with E-state index in [2.05, 4.69) is 14.9 Å². The van der Waals surface area contributed by atoms with E-state index in [1.165, 1.54) is 7.11 Å². The second-order valence-corrected chi connectivity index (χ2v) is 6.26. The summed E-state index contributed by atoms with van der Waals surface area (Å²) in [5.74, 6) is 0.373. The molecular formula is C17H20ClN5O2. The Labute approximate surface area is 151 Å². The number of benzene rings is 1. The van der Waals surface area contributed by atoms with Crippen LogP contribution in [0.15, 0.2) is 29.4 Å². The molecule has 0 amide bonds. The van der Waals surface area contributed by atoms with Crippen molar-refractivity contribution in [2.45, 2.75) is 12.7 Å². The number of hydrogen-bond acceptors (Lipinski definition) is 7. The van der Waals surface area contributed by atoms with Crippen LogP contribution in [0.4, 0.5) is 0 Å². The molecule has 0 aliphatic carbocycles. The van der Waals surface area contributed by atoms with Crippen LogP contribution < -0.4 is 15.2 Å². The van der Waals surface area contributed by atoms with Gasteiger partial charge in [0.2, 0.25) is 5.88 Å². The summed E-state index contributed by atoms with van der Waals surface area (Å²) in [5, 5.41) is 0.622. The SMILES string of the molecule is COc1ncc(/C2=N/C(N)CN(C)Cc3ccc(Cl)cc32)c(OC)n1. The quantitative estimate of drug-likeness (QED) is 0.895. The molecule has 0 bridgehead atoms. The zero-order chi connectivity index (χ0) is 18.0. The minimum absolute atomic E-state index is 0.224. The van der Waals surface area contributed by atoms with Gasteiger partial charge in [0.15, 0.2) is 0 Å². The summed E-state index contributed by atoms with van der Waals surface area (Å²) in [6, 6.07) is 5.97. The van der Waals surface area contributed by atoms with Gasteiger partial charge in [-0.25, -0.2) is 4.98 Å². The Morgan fingerprint density at radius 3 is 2.76 bits per heavy atom. The Hall–Kier alpha value is -2.22. The second kappa shape index (κ2) is 7.35. The summed E-state index contributed by atoms with van der Waals surface area (Å²) >= 11 is 6.24. The standard InChI is InChI=1S/C17H20ClN5O2/c1-23-8-10-4-5-11(18)6-12(10)15(21-14(19)9-23)13-7-20-17(25-3)22-16(13)24-2/h4-7,14H,8-9,19H2,1-3H3/b21-15+. The van der Waals surface area contributed by atoms with E-state index in [1.54, 1.807) is 13.3 Å². The van der Waals surface area contributed by atoms with Gasteiger partial charge in [-0.2, -0.15) is 4.98 Å². The highest BCUT2D eigenvalue weighted by Gasteiger charge is 2.23. The Balaban J connectivity index is 2.21. The molecule has 0 radical (unpaired) electrons. The van der Waals surface area contributed by atoms with E-state index in [4.69, 9.17) is 31.8 Å². The number of methoxy groups -OCH3 is 2. The summed E-state index contributed by atoms with van der Waals surface area (Å²) in [4.78, 5) is 15.3. The molecule has 1 aliphatic rings. The topological polar surface area (TPSA) is 85.9 Å². The van der Waals surface area contributed by atoms with Crippen LogP contribution in [-0.4, -0.2) is 54.6 Å². The molecule has 1 atom stereocenters. The van der Waals surface area contributed by atoms with Crippen LogP contribution in [0.2, 0.25) is 5.02 Å². The van der Waals surface area contributed by atoms with E-state index in [0.29, 0.717) is 28.7 Å². The van der Waals surface area contributed by atoms with Crippen molar-refractivity contribution in [3.8, 4) is 11.9 Å². The molecule has 1 aromatic carbocycles. The minimum atomic E-state index is -0.390. The van der Waals surface area contributed by atoms with Gasteiger partial charge < -0.3 is 15.2 Å². The largest absolute Gasteiger partial charge is 0.480 e. The van der Waals surface area contributed by atoms with Crippen molar-refractivity contribution in [1.29, 1.82) is 0 Å². The van der Waals surface area contributed by atoms with Crippen molar-refractivity contribution in [1.82, 2.24) is 14.9 Å². The lowest BCUT2D eigenvalue weighted by Gasteiger charge is -2.25. The Kier molecular flexibility index (Phi) is 5.17. The number of nitrogens with zero attached hydrogens (tertiary/aromatic N) is 4. The van der Waals surface area contributed by atoms with Gasteiger partial charge in [0.25, 0.3) is 0 Å². The summed E-state index contributed by atoms with van der Waals surface area (Å²) in [5.41, 5.74) is 9.49. The van der Waals surface area contributed by atoms with Crippen LogP contribution in [0.1, 0.15) is 16.7 Å². The summed E-state index contributed by atoms with van der Waals surface area (Å²) < 4.78 is 10.5. The fourth-order valence-corrected chi connectivity index (χ4v) is 3.01. The molecular weight excluding hydrogens is 342 g/mol. The van der Waals surface area contributed by atoms with E-state index in [1.807, 2.05) is 25.2 Å². The fourth-order valence-electron chi connectivity index (χ4n) is 2.84. The number of ether oxygens (including phenoxy) is 2. The minimum Gasteiger partial charge on any atom is -0.480 e. The monoisotopic (exact) mass is 361 g/mol. The smallest absolute Gasteiger partial charge is 0.319 e. The molecule has 0 spiro atoms. The van der Waals surface area contributed by atoms with Gasteiger partial charge in [0.1, 0.15) is 6.17 Å². The van der Waals surface area contributed by atoms with Gasteiger partial charge in [0, 0.05) is 29.9 Å². The summed E-state index contributed by atoms with van der Waals surface area (Å²) in [7, 11) is 5.06. The molecule has 2 heterocycles. The molecule has 1 aliphatic heterocycles. The first-order valence-corrected chi connectivity index (χ1v) is 8.15. The third-order valence-electron chi connectivity index (χ3n) is 3.92. The maximum absolute atomic E-state index is 6.24. The zero-order valence-corrected chi connectivity index (χ0v) is 15.1. The molecule has 7 nitrogen and oxygen atoms in total. The van der Waals surface area contributed by atoms with Crippen molar-refractivity contribution in [3.63, 3.8) is 0 Å². The Bertz CT molecular complexity index is 812. The molecule has 1 aromatic heterocycles. The van der Waals surface area contributed by atoms with Crippen molar-refractivity contribution in [2.75, 3.05) is 27.8 Å². The predicted molar refractivity (Wildman–Crippen MR) is 96.5 cm³/mol. The average molecular weight is 362 g/mol. The molecule has 0 saturated carbocycles. The maximum Gasteiger partial charge on any atom is 0.319 e. The zero-order valence-electron chi connectivity index (χ0n) is 14.4. The second-order valence-electron chi connectivity index (χ2n) is 5.82. The van der Waals surface area contributed by atoms with Crippen molar-refractivity contribution in [3.05, 3.63) is 46.1 Å². The third kappa shape index (κ3) is 3.73. The highest BCUT2D eigenvalue weighted by molar-refractivity contribution is 6.31. The Morgan fingerprint density at radius 2 is 2.04 bits per heavy atom. The van der Waals surface area contributed by atoms with Crippen LogP contribution >= 0.6 is 11.6 Å². The van der Waals surface area contributed by atoms with Crippen LogP contribution in [-0.2, 0) is 6.54 Å². The molecule has 132 valence electrons. The number of aromatic nitrogens is 2. The number of fused-ring (bicyclic) bond motifs is 1. The number of rotatable bonds is 3. The predicted octanol–water partition coefficient (Wildman–Crippen LogP) is 1.71. The maximum atomic E-state index is 6.24. The van der Waals surface area contributed by atoms with Crippen LogP contribution in [0, 0.1) is 0 Å². The normalized spacial score (nSPS) is 20.0. The number of aliphatic imine (C=N–C) groups is 1. The van der Waals surface area contributed by atoms with Crippen LogP contribution in [0.3, 0.4) is 0 Å². The fraction of sp³-hybridized carbons (Fsp3) is 0.353. The van der Waals surface area contributed by atoms with Gasteiger partial charge in [-0.1, -0.05) is 17.7 Å². The molecule has 25 heavy (non-hydrogen) atoms. The van der Waals surface area contributed by atoms with Crippen molar-refractivity contribution in [2.24, 2.45) is 10.7 Å². The summed E-state index contributed by atoms with van der Waals surface area (Å²) in [6.45, 7) is 1.36. The lowest BCUT2D eigenvalue weighted by atomic mass is 9.97. The molecule has 2 aromatic rings. The molecule has 3 rings (SSSR count). The van der Waals surface area contributed by atoms with E-state index in [0.717, 1.165) is 17.7 Å². The first-order chi connectivity index (χ1) is 12.0. The molecule has 1 unspecified atom stereocenters. The lowest BCUT2D eigenvalue weighted by molar-refractivity contribution is 0.304. The highest BCUT2D eigenvalue weighted by atomic mass is 35.5. The lowest BCUT2D eigenvalue weighted by Crippen LogP contribution is -2.36. The highest BCUT2D eigenvalue weighted by Crippen LogP contribution is 2.27. The van der Waals surface area contributed by atoms with Gasteiger partial charge in [-0.3, -0.25) is 9.89 Å². The molecule has 0 saturated heterocycles. The summed E-state index contributed by atoms with van der Waals surface area (Å²) in [6.07, 6.45) is 1.24. The molecule has 2 N–H and O–H groups in total. The van der Waals surface area contributed by atoms with E-state index in [9.17, 15) is 0 Å². The van der Waals surface area contributed by atoms with E-state index >= 15 is 0 Å². The first kappa shape index (κ1) is 17.6. The number of nitrogens with two attached hydrogens (primary N) is 1. The average Bonchev–Trinajstić information content (AvgIpc) is 2.59. The number of hydrogen-bond donors (Lipinski definition) is 1. The Morgan fingerprint density at radius 1 is 1.24 bits per heavy atom. The van der Waals surface area contributed by atoms with Crippen molar-refractivity contribution < 1.29 is 9.47 Å². The van der Waals surface area contributed by atoms with Gasteiger partial charge in [-0.15, -0.1) is 0 Å². The third-order valence-corrected chi connectivity index (χ3v) is 4.16. The van der Waals surface area contributed by atoms with E-state index in [-0.39, 0.29) is 12.2 Å². The first-order valence-electron chi connectivity index (χ1n) is 7.78. The molecule has 0 fully saturated rings. The number of halogens is 1. The van der Waals surface area contributed by atoms with Gasteiger partial charge in [-0.05, 0) is 24.7 Å². The van der Waals surface area contributed by atoms with Gasteiger partial charge >= 0.3 is 6.01 Å². The van der Waals surface area contributed by atoms with Crippen LogP contribution in [0.25, 0.3) is 0 Å².